The maximum atomic E-state index is 12.9. The summed E-state index contributed by atoms with van der Waals surface area (Å²) in [7, 11) is 0. The third-order valence-electron chi connectivity index (χ3n) is 4.86. The van der Waals surface area contributed by atoms with Crippen LogP contribution in [0.2, 0.25) is 5.02 Å². The number of hydrogen-bond acceptors (Lipinski definition) is 3. The molecule has 5 nitrogen and oxygen atoms in total. The van der Waals surface area contributed by atoms with E-state index in [1.807, 2.05) is 54.6 Å². The van der Waals surface area contributed by atoms with Gasteiger partial charge in [-0.2, -0.15) is 5.10 Å². The predicted octanol–water partition coefficient (Wildman–Crippen LogP) is 4.16. The van der Waals surface area contributed by atoms with Crippen LogP contribution in [0, 0.1) is 0 Å². The van der Waals surface area contributed by atoms with Crippen LogP contribution in [0.1, 0.15) is 28.8 Å². The Hall–Kier alpha value is -2.63. The van der Waals surface area contributed by atoms with Gasteiger partial charge in [0.25, 0.3) is 5.91 Å². The van der Waals surface area contributed by atoms with Crippen LogP contribution in [-0.4, -0.2) is 34.9 Å². The van der Waals surface area contributed by atoms with Gasteiger partial charge in [-0.1, -0.05) is 60.1 Å². The number of aromatic nitrogens is 2. The number of halogens is 1. The molecule has 28 heavy (non-hydrogen) atoms. The number of rotatable bonds is 6. The van der Waals surface area contributed by atoms with Crippen LogP contribution in [0.5, 0.6) is 0 Å². The third kappa shape index (κ3) is 4.26. The zero-order valence-corrected chi connectivity index (χ0v) is 16.2. The number of carbonyl (C=O) groups is 1. The number of ether oxygens (including phenoxy) is 1. The Labute approximate surface area is 169 Å². The van der Waals surface area contributed by atoms with E-state index in [0.29, 0.717) is 29.4 Å². The average Bonchev–Trinajstić information content (AvgIpc) is 3.39. The summed E-state index contributed by atoms with van der Waals surface area (Å²) >= 11 is 6.29. The van der Waals surface area contributed by atoms with Crippen molar-refractivity contribution in [3.63, 3.8) is 0 Å². The van der Waals surface area contributed by atoms with Gasteiger partial charge < -0.3 is 10.1 Å². The van der Waals surface area contributed by atoms with Crippen LogP contribution in [0.15, 0.2) is 60.8 Å². The lowest BCUT2D eigenvalue weighted by molar-refractivity contribution is 0.0858. The SMILES string of the molecule is O=C(NC[C@H]1CCCO1)c1cn(Cc2ccccc2Cl)nc1-c1ccccc1. The highest BCUT2D eigenvalue weighted by molar-refractivity contribution is 6.31. The van der Waals surface area contributed by atoms with E-state index < -0.39 is 0 Å². The number of nitrogens with one attached hydrogen (secondary N) is 1. The molecule has 0 spiro atoms. The number of hydrogen-bond donors (Lipinski definition) is 1. The molecule has 2 aromatic carbocycles. The molecule has 1 atom stereocenters. The van der Waals surface area contributed by atoms with E-state index in [-0.39, 0.29) is 12.0 Å². The molecular formula is C22H22ClN3O2. The van der Waals surface area contributed by atoms with Gasteiger partial charge in [0.1, 0.15) is 5.69 Å². The molecule has 2 heterocycles. The lowest BCUT2D eigenvalue weighted by Gasteiger charge is -2.10. The lowest BCUT2D eigenvalue weighted by atomic mass is 10.1. The lowest BCUT2D eigenvalue weighted by Crippen LogP contribution is -2.31. The van der Waals surface area contributed by atoms with Gasteiger partial charge in [-0.25, -0.2) is 0 Å². The highest BCUT2D eigenvalue weighted by Gasteiger charge is 2.21. The molecule has 1 aliphatic heterocycles. The minimum Gasteiger partial charge on any atom is -0.376 e. The van der Waals surface area contributed by atoms with Crippen LogP contribution in [0.3, 0.4) is 0 Å². The monoisotopic (exact) mass is 395 g/mol. The fraction of sp³-hybridized carbons (Fsp3) is 0.273. The Balaban J connectivity index is 1.60. The molecule has 1 saturated heterocycles. The van der Waals surface area contributed by atoms with E-state index in [2.05, 4.69) is 10.4 Å². The van der Waals surface area contributed by atoms with Crippen molar-refractivity contribution in [1.82, 2.24) is 15.1 Å². The second kappa shape index (κ2) is 8.59. The maximum Gasteiger partial charge on any atom is 0.255 e. The zero-order chi connectivity index (χ0) is 19.3. The van der Waals surface area contributed by atoms with Gasteiger partial charge >= 0.3 is 0 Å². The van der Waals surface area contributed by atoms with Gasteiger partial charge in [-0.15, -0.1) is 0 Å². The van der Waals surface area contributed by atoms with E-state index in [4.69, 9.17) is 16.3 Å². The van der Waals surface area contributed by atoms with Crippen LogP contribution in [0.25, 0.3) is 11.3 Å². The van der Waals surface area contributed by atoms with Crippen LogP contribution in [0.4, 0.5) is 0 Å². The number of nitrogens with zero attached hydrogens (tertiary/aromatic N) is 2. The molecule has 1 aliphatic rings. The van der Waals surface area contributed by atoms with Gasteiger partial charge in [0, 0.05) is 29.9 Å². The molecule has 144 valence electrons. The van der Waals surface area contributed by atoms with Crippen molar-refractivity contribution >= 4 is 17.5 Å². The highest BCUT2D eigenvalue weighted by atomic mass is 35.5. The molecule has 0 unspecified atom stereocenters. The van der Waals surface area contributed by atoms with Crippen molar-refractivity contribution in [2.45, 2.75) is 25.5 Å². The topological polar surface area (TPSA) is 56.1 Å². The second-order valence-electron chi connectivity index (χ2n) is 6.89. The smallest absolute Gasteiger partial charge is 0.255 e. The highest BCUT2D eigenvalue weighted by Crippen LogP contribution is 2.24. The Morgan fingerprint density at radius 2 is 1.96 bits per heavy atom. The molecule has 1 N–H and O–H groups in total. The van der Waals surface area contributed by atoms with Gasteiger partial charge in [0.05, 0.1) is 18.2 Å². The Morgan fingerprint density at radius 3 is 2.71 bits per heavy atom. The number of carbonyl (C=O) groups excluding carboxylic acids is 1. The molecule has 1 fully saturated rings. The summed E-state index contributed by atoms with van der Waals surface area (Å²) in [5.74, 6) is -0.139. The standard InChI is InChI=1S/C22H22ClN3O2/c23-20-11-5-4-9-17(20)14-26-15-19(21(25-26)16-7-2-1-3-8-16)22(27)24-13-18-10-6-12-28-18/h1-5,7-9,11,15,18H,6,10,12-14H2,(H,24,27)/t18-/m1/s1. The summed E-state index contributed by atoms with van der Waals surface area (Å²) in [6, 6.07) is 17.4. The van der Waals surface area contributed by atoms with Crippen molar-refractivity contribution in [3.8, 4) is 11.3 Å². The van der Waals surface area contributed by atoms with E-state index in [0.717, 1.165) is 30.6 Å². The first-order valence-electron chi connectivity index (χ1n) is 9.47. The molecule has 1 aromatic heterocycles. The van der Waals surface area contributed by atoms with Gasteiger partial charge in [-0.05, 0) is 24.5 Å². The molecule has 4 rings (SSSR count). The average molecular weight is 396 g/mol. The van der Waals surface area contributed by atoms with Crippen molar-refractivity contribution in [2.24, 2.45) is 0 Å². The Bertz CT molecular complexity index is 949. The van der Waals surface area contributed by atoms with E-state index in [1.54, 1.807) is 10.9 Å². The number of benzene rings is 2. The predicted molar refractivity (Wildman–Crippen MR) is 110 cm³/mol. The first kappa shape index (κ1) is 18.7. The number of amides is 1. The van der Waals surface area contributed by atoms with Gasteiger partial charge in [0.2, 0.25) is 0 Å². The first-order chi connectivity index (χ1) is 13.7. The molecule has 1 amide bonds. The molecule has 3 aromatic rings. The van der Waals surface area contributed by atoms with Crippen molar-refractivity contribution in [1.29, 1.82) is 0 Å². The van der Waals surface area contributed by atoms with Crippen molar-refractivity contribution < 1.29 is 9.53 Å². The molecular weight excluding hydrogens is 374 g/mol. The second-order valence-corrected chi connectivity index (χ2v) is 7.30. The maximum absolute atomic E-state index is 12.9. The Morgan fingerprint density at radius 1 is 1.18 bits per heavy atom. The molecule has 0 saturated carbocycles. The normalized spacial score (nSPS) is 16.2. The van der Waals surface area contributed by atoms with E-state index >= 15 is 0 Å². The van der Waals surface area contributed by atoms with Crippen molar-refractivity contribution in [3.05, 3.63) is 76.9 Å². The zero-order valence-electron chi connectivity index (χ0n) is 15.5. The summed E-state index contributed by atoms with van der Waals surface area (Å²) < 4.78 is 7.37. The molecule has 0 bridgehead atoms. The summed E-state index contributed by atoms with van der Waals surface area (Å²) in [6.45, 7) is 1.78. The molecule has 0 radical (unpaired) electrons. The van der Waals surface area contributed by atoms with E-state index in [9.17, 15) is 4.79 Å². The quantitative estimate of drug-likeness (QED) is 0.681. The summed E-state index contributed by atoms with van der Waals surface area (Å²) in [5, 5.41) is 8.36. The van der Waals surface area contributed by atoms with Crippen LogP contribution < -0.4 is 5.32 Å². The fourth-order valence-corrected chi connectivity index (χ4v) is 3.58. The summed E-state index contributed by atoms with van der Waals surface area (Å²) in [6.07, 6.45) is 3.92. The molecule has 6 heteroatoms. The Kier molecular flexibility index (Phi) is 5.74. The van der Waals surface area contributed by atoms with Crippen LogP contribution >= 0.6 is 11.6 Å². The fourth-order valence-electron chi connectivity index (χ4n) is 3.39. The van der Waals surface area contributed by atoms with E-state index in [1.165, 1.54) is 0 Å². The summed E-state index contributed by atoms with van der Waals surface area (Å²) in [5.41, 5.74) is 3.08. The first-order valence-corrected chi connectivity index (χ1v) is 9.84. The largest absolute Gasteiger partial charge is 0.376 e. The van der Waals surface area contributed by atoms with Gasteiger partial charge in [-0.3, -0.25) is 9.48 Å². The van der Waals surface area contributed by atoms with Crippen LogP contribution in [-0.2, 0) is 11.3 Å². The van der Waals surface area contributed by atoms with Gasteiger partial charge in [0.15, 0.2) is 0 Å². The molecule has 0 aliphatic carbocycles. The summed E-state index contributed by atoms with van der Waals surface area (Å²) in [4.78, 5) is 12.9. The van der Waals surface area contributed by atoms with Crippen molar-refractivity contribution in [2.75, 3.05) is 13.2 Å². The minimum absolute atomic E-state index is 0.0993. The minimum atomic E-state index is -0.139. The third-order valence-corrected chi connectivity index (χ3v) is 5.23.